The predicted molar refractivity (Wildman–Crippen MR) is 125 cm³/mol. The number of hydrogen-bond acceptors (Lipinski definition) is 3. The summed E-state index contributed by atoms with van der Waals surface area (Å²) in [5, 5.41) is 0. The standard InChI is InChI=1S/C28H17F7N2O/c1-2-3-17-14-36-26(37-15-17)9-5-16-4-7-20(22(29)10-16)18-6-8-21(23(30)11-18)28(34,35)38-19-12-24(31)27(33)25(32)13-19/h4,6-8,10-15H,2-3H2,1H3. The van der Waals surface area contributed by atoms with Crippen LogP contribution in [0.25, 0.3) is 11.1 Å². The number of ether oxygens (including phenoxy) is 1. The van der Waals surface area contributed by atoms with Gasteiger partial charge in [0.1, 0.15) is 17.4 Å². The Hall–Kier alpha value is -4.39. The van der Waals surface area contributed by atoms with Gasteiger partial charge >= 0.3 is 6.11 Å². The van der Waals surface area contributed by atoms with Gasteiger partial charge in [0.2, 0.25) is 5.82 Å². The number of rotatable bonds is 6. The van der Waals surface area contributed by atoms with Gasteiger partial charge in [0.25, 0.3) is 0 Å². The first-order valence-electron chi connectivity index (χ1n) is 11.2. The SMILES string of the molecule is CCCc1cnc(C#Cc2ccc(-c3ccc(C(F)(F)Oc4cc(F)c(F)c(F)c4)c(F)c3)c(F)c2)nc1. The number of hydrogen-bond donors (Lipinski definition) is 0. The predicted octanol–water partition coefficient (Wildman–Crippen LogP) is 7.32. The first-order chi connectivity index (χ1) is 18.1. The van der Waals surface area contributed by atoms with E-state index >= 15 is 0 Å². The summed E-state index contributed by atoms with van der Waals surface area (Å²) in [5.41, 5.74) is -0.183. The molecular formula is C28H17F7N2O. The monoisotopic (exact) mass is 530 g/mol. The maximum absolute atomic E-state index is 14.8. The maximum atomic E-state index is 14.8. The number of alkyl halides is 2. The molecule has 194 valence electrons. The number of aromatic nitrogens is 2. The summed E-state index contributed by atoms with van der Waals surface area (Å²) >= 11 is 0. The highest BCUT2D eigenvalue weighted by Crippen LogP contribution is 2.36. The fourth-order valence-electron chi connectivity index (χ4n) is 3.51. The van der Waals surface area contributed by atoms with Crippen LogP contribution in [0.5, 0.6) is 5.75 Å². The number of halogens is 7. The molecule has 0 saturated heterocycles. The molecule has 0 aliphatic heterocycles. The van der Waals surface area contributed by atoms with Crippen LogP contribution in [-0.4, -0.2) is 9.97 Å². The quantitative estimate of drug-likeness (QED) is 0.149. The van der Waals surface area contributed by atoms with Crippen molar-refractivity contribution in [3.63, 3.8) is 0 Å². The van der Waals surface area contributed by atoms with E-state index in [2.05, 4.69) is 26.5 Å². The third-order valence-corrected chi connectivity index (χ3v) is 5.33. The molecule has 10 heteroatoms. The molecule has 0 N–H and O–H groups in total. The summed E-state index contributed by atoms with van der Waals surface area (Å²) in [5.74, 6) is -3.01. The zero-order chi connectivity index (χ0) is 27.4. The molecule has 4 rings (SSSR count). The molecule has 0 saturated carbocycles. The molecule has 3 aromatic carbocycles. The van der Waals surface area contributed by atoms with Crippen LogP contribution in [-0.2, 0) is 12.5 Å². The summed E-state index contributed by atoms with van der Waals surface area (Å²) in [6.07, 6.45) is 0.719. The molecule has 0 aliphatic carbocycles. The van der Waals surface area contributed by atoms with Crippen molar-refractivity contribution in [2.24, 2.45) is 0 Å². The van der Waals surface area contributed by atoms with E-state index in [1.54, 1.807) is 12.4 Å². The molecule has 0 spiro atoms. The van der Waals surface area contributed by atoms with Crippen molar-refractivity contribution < 1.29 is 35.5 Å². The van der Waals surface area contributed by atoms with Gasteiger partial charge in [0.05, 0.1) is 5.56 Å². The Bertz CT molecular complexity index is 1520. The van der Waals surface area contributed by atoms with Gasteiger partial charge in [0, 0.05) is 35.7 Å². The lowest BCUT2D eigenvalue weighted by atomic mass is 10.0. The Morgan fingerprint density at radius 3 is 2.08 bits per heavy atom. The van der Waals surface area contributed by atoms with Crippen LogP contribution in [0, 0.1) is 40.9 Å². The molecule has 0 bridgehead atoms. The third kappa shape index (κ3) is 5.94. The zero-order valence-electron chi connectivity index (χ0n) is 19.6. The normalized spacial score (nSPS) is 11.2. The maximum Gasteiger partial charge on any atom is 0.429 e. The molecule has 3 nitrogen and oxygen atoms in total. The molecule has 0 amide bonds. The average Bonchev–Trinajstić information content (AvgIpc) is 2.86. The van der Waals surface area contributed by atoms with Crippen molar-refractivity contribution in [1.29, 1.82) is 0 Å². The summed E-state index contributed by atoms with van der Waals surface area (Å²) in [6.45, 7) is 2.03. The summed E-state index contributed by atoms with van der Waals surface area (Å²) in [7, 11) is 0. The molecule has 1 heterocycles. The van der Waals surface area contributed by atoms with Crippen molar-refractivity contribution >= 4 is 0 Å². The third-order valence-electron chi connectivity index (χ3n) is 5.33. The minimum atomic E-state index is -4.38. The Morgan fingerprint density at radius 1 is 0.789 bits per heavy atom. The van der Waals surface area contributed by atoms with Crippen LogP contribution in [0.3, 0.4) is 0 Å². The van der Waals surface area contributed by atoms with Crippen LogP contribution in [0.15, 0.2) is 60.9 Å². The van der Waals surface area contributed by atoms with E-state index in [-0.39, 0.29) is 34.6 Å². The highest BCUT2D eigenvalue weighted by atomic mass is 19.3. The van der Waals surface area contributed by atoms with Crippen LogP contribution >= 0.6 is 0 Å². The van der Waals surface area contributed by atoms with Gasteiger partial charge in [-0.2, -0.15) is 8.78 Å². The van der Waals surface area contributed by atoms with E-state index < -0.39 is 46.5 Å². The van der Waals surface area contributed by atoms with Gasteiger partial charge in [-0.15, -0.1) is 0 Å². The van der Waals surface area contributed by atoms with Crippen molar-refractivity contribution in [3.05, 3.63) is 113 Å². The minimum absolute atomic E-state index is 0.0622. The molecule has 4 aromatic rings. The van der Waals surface area contributed by atoms with Gasteiger partial charge in [-0.1, -0.05) is 31.4 Å². The summed E-state index contributed by atoms with van der Waals surface area (Å²) in [6, 6.07) is 6.58. The largest absolute Gasteiger partial charge is 0.429 e. The van der Waals surface area contributed by atoms with E-state index in [4.69, 9.17) is 0 Å². The van der Waals surface area contributed by atoms with E-state index in [0.29, 0.717) is 12.1 Å². The molecule has 0 aliphatic rings. The van der Waals surface area contributed by atoms with Crippen molar-refractivity contribution in [3.8, 4) is 28.7 Å². The van der Waals surface area contributed by atoms with E-state index in [0.717, 1.165) is 30.5 Å². The van der Waals surface area contributed by atoms with E-state index in [1.807, 2.05) is 6.92 Å². The van der Waals surface area contributed by atoms with Gasteiger partial charge < -0.3 is 4.74 Å². The smallest absolute Gasteiger partial charge is 0.429 e. The van der Waals surface area contributed by atoms with Crippen LogP contribution < -0.4 is 4.74 Å². The minimum Gasteiger partial charge on any atom is -0.429 e. The second-order valence-corrected chi connectivity index (χ2v) is 8.12. The van der Waals surface area contributed by atoms with Crippen LogP contribution in [0.1, 0.15) is 35.9 Å². The van der Waals surface area contributed by atoms with Gasteiger partial charge in [0.15, 0.2) is 17.5 Å². The van der Waals surface area contributed by atoms with Crippen LogP contribution in [0.4, 0.5) is 30.7 Å². The Labute approximate surface area is 213 Å². The number of nitrogens with zero attached hydrogens (tertiary/aromatic N) is 2. The van der Waals surface area contributed by atoms with E-state index in [9.17, 15) is 30.7 Å². The molecular weight excluding hydrogens is 513 g/mol. The molecule has 0 radical (unpaired) electrons. The Balaban J connectivity index is 1.54. The average molecular weight is 530 g/mol. The lowest BCUT2D eigenvalue weighted by Gasteiger charge is -2.19. The molecule has 0 fully saturated rings. The van der Waals surface area contributed by atoms with Gasteiger partial charge in [-0.05, 0) is 47.7 Å². The fraction of sp³-hybridized carbons (Fsp3) is 0.143. The van der Waals surface area contributed by atoms with Crippen molar-refractivity contribution in [2.75, 3.05) is 0 Å². The number of aryl methyl sites for hydroxylation is 1. The second kappa shape index (κ2) is 10.9. The first-order valence-corrected chi connectivity index (χ1v) is 11.2. The van der Waals surface area contributed by atoms with Crippen LogP contribution in [0.2, 0.25) is 0 Å². The molecule has 0 unspecified atom stereocenters. The summed E-state index contributed by atoms with van der Waals surface area (Å²) < 4.78 is 102. The van der Waals surface area contributed by atoms with Gasteiger partial charge in [-0.25, -0.2) is 31.9 Å². The summed E-state index contributed by atoms with van der Waals surface area (Å²) in [4.78, 5) is 8.26. The van der Waals surface area contributed by atoms with Crippen molar-refractivity contribution in [1.82, 2.24) is 9.97 Å². The Kier molecular flexibility index (Phi) is 7.67. The second-order valence-electron chi connectivity index (χ2n) is 8.12. The lowest BCUT2D eigenvalue weighted by molar-refractivity contribution is -0.187. The Morgan fingerprint density at radius 2 is 1.47 bits per heavy atom. The van der Waals surface area contributed by atoms with E-state index in [1.165, 1.54) is 12.1 Å². The first kappa shape index (κ1) is 26.7. The van der Waals surface area contributed by atoms with Gasteiger partial charge in [-0.3, -0.25) is 0 Å². The fourth-order valence-corrected chi connectivity index (χ4v) is 3.51. The highest BCUT2D eigenvalue weighted by Gasteiger charge is 2.38. The topological polar surface area (TPSA) is 35.0 Å². The highest BCUT2D eigenvalue weighted by molar-refractivity contribution is 5.66. The number of benzene rings is 3. The van der Waals surface area contributed by atoms with Crippen molar-refractivity contribution in [2.45, 2.75) is 25.9 Å². The lowest BCUT2D eigenvalue weighted by Crippen LogP contribution is -2.23. The zero-order valence-corrected chi connectivity index (χ0v) is 19.6. The molecule has 38 heavy (non-hydrogen) atoms. The molecule has 1 aromatic heterocycles. The molecule has 0 atom stereocenters.